The van der Waals surface area contributed by atoms with Crippen molar-refractivity contribution in [2.45, 2.75) is 90.5 Å². The van der Waals surface area contributed by atoms with Gasteiger partial charge in [-0.3, -0.25) is 0 Å². The van der Waals surface area contributed by atoms with E-state index in [1.807, 2.05) is 0 Å². The van der Waals surface area contributed by atoms with Crippen molar-refractivity contribution in [2.75, 3.05) is 6.54 Å². The fourth-order valence-electron chi connectivity index (χ4n) is 4.34. The Morgan fingerprint density at radius 1 is 1.00 bits per heavy atom. The van der Waals surface area contributed by atoms with Gasteiger partial charge in [0, 0.05) is 6.04 Å². The largest absolute Gasteiger partial charge is 0.314 e. The van der Waals surface area contributed by atoms with E-state index in [-0.39, 0.29) is 0 Å². The van der Waals surface area contributed by atoms with E-state index in [1.165, 1.54) is 77.2 Å². The third kappa shape index (κ3) is 4.77. The van der Waals surface area contributed by atoms with Crippen molar-refractivity contribution >= 4 is 0 Å². The molecule has 0 aromatic carbocycles. The van der Waals surface area contributed by atoms with Gasteiger partial charge in [-0.15, -0.1) is 0 Å². The van der Waals surface area contributed by atoms with E-state index in [4.69, 9.17) is 0 Å². The van der Waals surface area contributed by atoms with Crippen molar-refractivity contribution in [3.8, 4) is 0 Å². The minimum Gasteiger partial charge on any atom is -0.314 e. The number of hydrogen-bond acceptors (Lipinski definition) is 1. The first-order valence-electron chi connectivity index (χ1n) is 9.06. The Kier molecular flexibility index (Phi) is 6.70. The quantitative estimate of drug-likeness (QED) is 0.671. The van der Waals surface area contributed by atoms with Crippen LogP contribution in [-0.4, -0.2) is 12.6 Å². The van der Waals surface area contributed by atoms with E-state index in [0.717, 1.165) is 23.8 Å². The second-order valence-corrected chi connectivity index (χ2v) is 7.14. The number of hydrogen-bond donors (Lipinski definition) is 1. The SMILES string of the molecule is CCCCC(CC)CNC1CCC2CCCCC2C1. The van der Waals surface area contributed by atoms with Gasteiger partial charge >= 0.3 is 0 Å². The maximum Gasteiger partial charge on any atom is 0.00700 e. The molecule has 0 aliphatic heterocycles. The minimum absolute atomic E-state index is 0.843. The predicted octanol–water partition coefficient (Wildman–Crippen LogP) is 5.15. The molecule has 4 atom stereocenters. The van der Waals surface area contributed by atoms with Crippen molar-refractivity contribution in [1.29, 1.82) is 0 Å². The molecule has 1 nitrogen and oxygen atoms in total. The normalized spacial score (nSPS) is 32.8. The molecule has 19 heavy (non-hydrogen) atoms. The first kappa shape index (κ1) is 15.4. The summed E-state index contributed by atoms with van der Waals surface area (Å²) >= 11 is 0. The molecule has 2 aliphatic carbocycles. The molecule has 0 aromatic rings. The smallest absolute Gasteiger partial charge is 0.00700 e. The van der Waals surface area contributed by atoms with Gasteiger partial charge in [0.1, 0.15) is 0 Å². The van der Waals surface area contributed by atoms with Crippen LogP contribution in [0.25, 0.3) is 0 Å². The zero-order valence-corrected chi connectivity index (χ0v) is 13.3. The molecule has 0 aromatic heterocycles. The molecule has 0 saturated heterocycles. The molecule has 4 unspecified atom stereocenters. The summed E-state index contributed by atoms with van der Waals surface area (Å²) in [7, 11) is 0. The third-order valence-electron chi connectivity index (χ3n) is 5.78. The molecule has 1 N–H and O–H groups in total. The molecule has 112 valence electrons. The fourth-order valence-corrected chi connectivity index (χ4v) is 4.34. The van der Waals surface area contributed by atoms with Crippen molar-refractivity contribution < 1.29 is 0 Å². The number of fused-ring (bicyclic) bond motifs is 1. The summed E-state index contributed by atoms with van der Waals surface area (Å²) in [4.78, 5) is 0. The molecule has 0 bridgehead atoms. The van der Waals surface area contributed by atoms with E-state index in [0.29, 0.717) is 0 Å². The van der Waals surface area contributed by atoms with Crippen LogP contribution in [0.5, 0.6) is 0 Å². The molecule has 2 rings (SSSR count). The Balaban J connectivity index is 1.68. The van der Waals surface area contributed by atoms with Gasteiger partial charge < -0.3 is 5.32 Å². The second kappa shape index (κ2) is 8.29. The fraction of sp³-hybridized carbons (Fsp3) is 1.00. The lowest BCUT2D eigenvalue weighted by atomic mass is 9.69. The summed E-state index contributed by atoms with van der Waals surface area (Å²) in [5, 5.41) is 3.91. The molecular weight excluding hydrogens is 230 g/mol. The van der Waals surface area contributed by atoms with Crippen LogP contribution in [0.15, 0.2) is 0 Å². The highest BCUT2D eigenvalue weighted by Crippen LogP contribution is 2.40. The van der Waals surface area contributed by atoms with Crippen molar-refractivity contribution in [1.82, 2.24) is 5.32 Å². The second-order valence-electron chi connectivity index (χ2n) is 7.14. The Morgan fingerprint density at radius 3 is 2.53 bits per heavy atom. The molecule has 2 fully saturated rings. The van der Waals surface area contributed by atoms with Gasteiger partial charge in [0.15, 0.2) is 0 Å². The zero-order chi connectivity index (χ0) is 13.5. The Morgan fingerprint density at radius 2 is 1.79 bits per heavy atom. The maximum atomic E-state index is 3.91. The molecule has 0 radical (unpaired) electrons. The van der Waals surface area contributed by atoms with E-state index < -0.39 is 0 Å². The first-order chi connectivity index (χ1) is 9.33. The number of unbranched alkanes of at least 4 members (excludes halogenated alkanes) is 1. The average molecular weight is 265 g/mol. The van der Waals surface area contributed by atoms with Gasteiger partial charge in [-0.2, -0.15) is 0 Å². The molecule has 0 spiro atoms. The first-order valence-corrected chi connectivity index (χ1v) is 9.06. The van der Waals surface area contributed by atoms with Crippen LogP contribution in [0.1, 0.15) is 84.5 Å². The lowest BCUT2D eigenvalue weighted by molar-refractivity contribution is 0.141. The van der Waals surface area contributed by atoms with Gasteiger partial charge in [-0.25, -0.2) is 0 Å². The van der Waals surface area contributed by atoms with Crippen LogP contribution in [-0.2, 0) is 0 Å². The number of nitrogens with one attached hydrogen (secondary N) is 1. The van der Waals surface area contributed by atoms with Crippen molar-refractivity contribution in [3.05, 3.63) is 0 Å². The molecule has 0 heterocycles. The highest BCUT2D eigenvalue weighted by Gasteiger charge is 2.31. The van der Waals surface area contributed by atoms with Gasteiger partial charge in [0.25, 0.3) is 0 Å². The monoisotopic (exact) mass is 265 g/mol. The summed E-state index contributed by atoms with van der Waals surface area (Å²) in [5.41, 5.74) is 0. The minimum atomic E-state index is 0.843. The summed E-state index contributed by atoms with van der Waals surface area (Å²) in [6.45, 7) is 5.95. The summed E-state index contributed by atoms with van der Waals surface area (Å²) in [6, 6.07) is 0.843. The van der Waals surface area contributed by atoms with Crippen LogP contribution < -0.4 is 5.32 Å². The van der Waals surface area contributed by atoms with Gasteiger partial charge in [0.05, 0.1) is 0 Å². The molecular formula is C18H35N. The van der Waals surface area contributed by atoms with Crippen LogP contribution in [0, 0.1) is 17.8 Å². The Bertz CT molecular complexity index is 238. The molecule has 1 heteroatoms. The third-order valence-corrected chi connectivity index (χ3v) is 5.78. The van der Waals surface area contributed by atoms with Crippen molar-refractivity contribution in [3.63, 3.8) is 0 Å². The Labute approximate surface area is 120 Å². The van der Waals surface area contributed by atoms with Gasteiger partial charge in [-0.1, -0.05) is 58.8 Å². The van der Waals surface area contributed by atoms with E-state index >= 15 is 0 Å². The van der Waals surface area contributed by atoms with Crippen molar-refractivity contribution in [2.24, 2.45) is 17.8 Å². The van der Waals surface area contributed by atoms with Gasteiger partial charge in [0.2, 0.25) is 0 Å². The zero-order valence-electron chi connectivity index (χ0n) is 13.3. The van der Waals surface area contributed by atoms with Crippen LogP contribution in [0.4, 0.5) is 0 Å². The molecule has 2 aliphatic rings. The van der Waals surface area contributed by atoms with Crippen LogP contribution in [0.2, 0.25) is 0 Å². The topological polar surface area (TPSA) is 12.0 Å². The van der Waals surface area contributed by atoms with Crippen LogP contribution in [0.3, 0.4) is 0 Å². The van der Waals surface area contributed by atoms with E-state index in [9.17, 15) is 0 Å². The molecule has 0 amide bonds. The van der Waals surface area contributed by atoms with E-state index in [1.54, 1.807) is 0 Å². The molecule has 2 saturated carbocycles. The highest BCUT2D eigenvalue weighted by atomic mass is 14.9. The lowest BCUT2D eigenvalue weighted by Crippen LogP contribution is -2.40. The average Bonchev–Trinajstić information content (AvgIpc) is 2.47. The summed E-state index contributed by atoms with van der Waals surface area (Å²) < 4.78 is 0. The maximum absolute atomic E-state index is 3.91. The predicted molar refractivity (Wildman–Crippen MR) is 84.4 cm³/mol. The van der Waals surface area contributed by atoms with Gasteiger partial charge in [-0.05, 0) is 50.0 Å². The highest BCUT2D eigenvalue weighted by molar-refractivity contribution is 4.86. The van der Waals surface area contributed by atoms with Crippen LogP contribution >= 0.6 is 0 Å². The standard InChI is InChI=1S/C18H35N/c1-3-5-8-15(4-2)14-19-18-12-11-16-9-6-7-10-17(16)13-18/h15-19H,3-14H2,1-2H3. The lowest BCUT2D eigenvalue weighted by Gasteiger charge is -2.40. The Hall–Kier alpha value is -0.0400. The van der Waals surface area contributed by atoms with E-state index in [2.05, 4.69) is 19.2 Å². The summed E-state index contributed by atoms with van der Waals surface area (Å²) in [6.07, 6.45) is 16.1. The summed E-state index contributed by atoms with van der Waals surface area (Å²) in [5.74, 6) is 3.08. The number of rotatable bonds is 7.